The molecule has 0 aliphatic heterocycles. The van der Waals surface area contributed by atoms with Crippen molar-refractivity contribution in [1.82, 2.24) is 0 Å². The van der Waals surface area contributed by atoms with Gasteiger partial charge in [0.25, 0.3) is 0 Å². The first kappa shape index (κ1) is 12.6. The van der Waals surface area contributed by atoms with Crippen molar-refractivity contribution in [3.8, 4) is 0 Å². The molecule has 2 aromatic carbocycles. The topological polar surface area (TPSA) is 46.2 Å². The van der Waals surface area contributed by atoms with Gasteiger partial charge in [-0.3, -0.25) is 0 Å². The van der Waals surface area contributed by atoms with Crippen LogP contribution in [0.25, 0.3) is 5.57 Å². The number of benzene rings is 2. The summed E-state index contributed by atoms with van der Waals surface area (Å²) in [6.07, 6.45) is 1.91. The molecule has 0 aliphatic rings. The van der Waals surface area contributed by atoms with Gasteiger partial charge in [0.2, 0.25) is 0 Å². The van der Waals surface area contributed by atoms with Crippen LogP contribution in [-0.4, -0.2) is 17.8 Å². The van der Waals surface area contributed by atoms with Gasteiger partial charge in [-0.25, -0.2) is 0 Å². The Hall–Kier alpha value is -1.90. The molecule has 2 rings (SSSR count). The van der Waals surface area contributed by atoms with Crippen LogP contribution in [0.5, 0.6) is 0 Å². The van der Waals surface area contributed by atoms with Crippen LogP contribution in [-0.2, 0) is 0 Å². The summed E-state index contributed by atoms with van der Waals surface area (Å²) in [5.74, 6) is 0. The van der Waals surface area contributed by atoms with Gasteiger partial charge in [-0.2, -0.15) is 0 Å². The maximum atomic E-state index is 9.11. The van der Waals surface area contributed by atoms with E-state index in [1.165, 1.54) is 0 Å². The van der Waals surface area contributed by atoms with Crippen molar-refractivity contribution in [2.45, 2.75) is 6.04 Å². The Labute approximate surface area is 107 Å². The van der Waals surface area contributed by atoms with Crippen molar-refractivity contribution in [3.05, 3.63) is 77.9 Å². The molecule has 92 valence electrons. The van der Waals surface area contributed by atoms with E-state index in [2.05, 4.69) is 0 Å². The lowest BCUT2D eigenvalue weighted by Gasteiger charge is -2.11. The second-order valence-electron chi connectivity index (χ2n) is 4.16. The molecule has 0 fully saturated rings. The molecule has 0 heterocycles. The monoisotopic (exact) mass is 239 g/mol. The van der Waals surface area contributed by atoms with Crippen molar-refractivity contribution in [2.24, 2.45) is 5.73 Å². The zero-order valence-electron chi connectivity index (χ0n) is 10.2. The van der Waals surface area contributed by atoms with Crippen LogP contribution in [0.1, 0.15) is 11.1 Å². The predicted octanol–water partition coefficient (Wildman–Crippen LogP) is 2.44. The van der Waals surface area contributed by atoms with E-state index >= 15 is 0 Å². The highest BCUT2D eigenvalue weighted by Crippen LogP contribution is 2.23. The smallest absolute Gasteiger partial charge is 0.0618 e. The van der Waals surface area contributed by atoms with Gasteiger partial charge in [0, 0.05) is 6.04 Å². The Morgan fingerprint density at radius 2 is 1.39 bits per heavy atom. The molecule has 2 nitrogen and oxygen atoms in total. The summed E-state index contributed by atoms with van der Waals surface area (Å²) in [5, 5.41) is 9.11. The number of aliphatic hydroxyl groups excluding tert-OH is 1. The standard InChI is InChI=1S/C16H17NO/c17-15(12-18)11-16(13-7-3-1-4-8-13)14-9-5-2-6-10-14/h1-11,15,18H,12,17H2/t15-/m0/s1. The van der Waals surface area contributed by atoms with Crippen LogP contribution in [0.4, 0.5) is 0 Å². The molecule has 0 amide bonds. The Morgan fingerprint density at radius 1 is 0.944 bits per heavy atom. The summed E-state index contributed by atoms with van der Waals surface area (Å²) >= 11 is 0. The van der Waals surface area contributed by atoms with Gasteiger partial charge >= 0.3 is 0 Å². The van der Waals surface area contributed by atoms with E-state index in [0.29, 0.717) is 0 Å². The highest BCUT2D eigenvalue weighted by molar-refractivity contribution is 5.80. The predicted molar refractivity (Wildman–Crippen MR) is 75.0 cm³/mol. The molecule has 0 radical (unpaired) electrons. The van der Waals surface area contributed by atoms with Gasteiger partial charge in [0.05, 0.1) is 6.61 Å². The minimum absolute atomic E-state index is 0.0524. The summed E-state index contributed by atoms with van der Waals surface area (Å²) in [4.78, 5) is 0. The van der Waals surface area contributed by atoms with Crippen molar-refractivity contribution in [2.75, 3.05) is 6.61 Å². The first-order valence-electron chi connectivity index (χ1n) is 6.00. The molecule has 2 aromatic rings. The molecular formula is C16H17NO. The fourth-order valence-corrected chi connectivity index (χ4v) is 1.86. The normalized spacial score (nSPS) is 11.9. The molecule has 0 saturated carbocycles. The third kappa shape index (κ3) is 3.06. The van der Waals surface area contributed by atoms with E-state index in [4.69, 9.17) is 10.8 Å². The number of nitrogens with two attached hydrogens (primary N) is 1. The second kappa shape index (κ2) is 6.15. The summed E-state index contributed by atoms with van der Waals surface area (Å²) in [6, 6.07) is 19.8. The summed E-state index contributed by atoms with van der Waals surface area (Å²) in [6.45, 7) is -0.0524. The minimum atomic E-state index is -0.347. The molecule has 3 N–H and O–H groups in total. The Balaban J connectivity index is 2.45. The minimum Gasteiger partial charge on any atom is -0.394 e. The number of rotatable bonds is 4. The molecule has 1 atom stereocenters. The fourth-order valence-electron chi connectivity index (χ4n) is 1.86. The summed E-state index contributed by atoms with van der Waals surface area (Å²) in [7, 11) is 0. The van der Waals surface area contributed by atoms with E-state index in [1.54, 1.807) is 0 Å². The molecule has 18 heavy (non-hydrogen) atoms. The van der Waals surface area contributed by atoms with Gasteiger partial charge in [-0.15, -0.1) is 0 Å². The van der Waals surface area contributed by atoms with Gasteiger partial charge < -0.3 is 10.8 Å². The SMILES string of the molecule is N[C@@H](C=C(c1ccccc1)c1ccccc1)CO. The highest BCUT2D eigenvalue weighted by atomic mass is 16.3. The average molecular weight is 239 g/mol. The molecule has 0 aromatic heterocycles. The lowest BCUT2D eigenvalue weighted by atomic mass is 9.96. The quantitative estimate of drug-likeness (QED) is 0.860. The van der Waals surface area contributed by atoms with Crippen molar-refractivity contribution in [1.29, 1.82) is 0 Å². The second-order valence-corrected chi connectivity index (χ2v) is 4.16. The van der Waals surface area contributed by atoms with Crippen LogP contribution in [0.2, 0.25) is 0 Å². The lowest BCUT2D eigenvalue weighted by molar-refractivity contribution is 0.284. The van der Waals surface area contributed by atoms with Crippen LogP contribution >= 0.6 is 0 Å². The van der Waals surface area contributed by atoms with Crippen LogP contribution in [0, 0.1) is 0 Å². The first-order valence-corrected chi connectivity index (χ1v) is 6.00. The lowest BCUT2D eigenvalue weighted by Crippen LogP contribution is -2.21. The Morgan fingerprint density at radius 3 is 1.78 bits per heavy atom. The third-order valence-electron chi connectivity index (χ3n) is 2.76. The fraction of sp³-hybridized carbons (Fsp3) is 0.125. The molecule has 2 heteroatoms. The zero-order chi connectivity index (χ0) is 12.8. The summed E-state index contributed by atoms with van der Waals surface area (Å²) < 4.78 is 0. The molecule has 0 bridgehead atoms. The van der Waals surface area contributed by atoms with Crippen LogP contribution in [0.3, 0.4) is 0 Å². The molecular weight excluding hydrogens is 222 g/mol. The van der Waals surface area contributed by atoms with Gasteiger partial charge in [-0.05, 0) is 16.7 Å². The maximum absolute atomic E-state index is 9.11. The number of hydrogen-bond donors (Lipinski definition) is 2. The molecule has 0 saturated heterocycles. The van der Waals surface area contributed by atoms with Crippen LogP contribution < -0.4 is 5.73 Å². The van der Waals surface area contributed by atoms with Crippen molar-refractivity contribution < 1.29 is 5.11 Å². The van der Waals surface area contributed by atoms with Crippen molar-refractivity contribution >= 4 is 5.57 Å². The van der Waals surface area contributed by atoms with E-state index in [1.807, 2.05) is 66.7 Å². The highest BCUT2D eigenvalue weighted by Gasteiger charge is 2.06. The van der Waals surface area contributed by atoms with E-state index in [-0.39, 0.29) is 12.6 Å². The molecule has 0 aliphatic carbocycles. The van der Waals surface area contributed by atoms with Gasteiger partial charge in [-0.1, -0.05) is 66.7 Å². The first-order chi connectivity index (χ1) is 8.81. The maximum Gasteiger partial charge on any atom is 0.0618 e. The number of hydrogen-bond acceptors (Lipinski definition) is 2. The van der Waals surface area contributed by atoms with E-state index in [0.717, 1.165) is 16.7 Å². The van der Waals surface area contributed by atoms with Gasteiger partial charge in [0.15, 0.2) is 0 Å². The van der Waals surface area contributed by atoms with Crippen LogP contribution in [0.15, 0.2) is 66.7 Å². The number of aliphatic hydroxyl groups is 1. The average Bonchev–Trinajstić information content (AvgIpc) is 2.46. The van der Waals surface area contributed by atoms with E-state index < -0.39 is 0 Å². The Kier molecular flexibility index (Phi) is 4.29. The van der Waals surface area contributed by atoms with E-state index in [9.17, 15) is 0 Å². The molecule has 0 spiro atoms. The van der Waals surface area contributed by atoms with Gasteiger partial charge in [0.1, 0.15) is 0 Å². The Bertz CT molecular complexity index is 464. The third-order valence-corrected chi connectivity index (χ3v) is 2.76. The largest absolute Gasteiger partial charge is 0.394 e. The molecule has 0 unspecified atom stereocenters. The van der Waals surface area contributed by atoms with Crippen molar-refractivity contribution in [3.63, 3.8) is 0 Å². The summed E-state index contributed by atoms with van der Waals surface area (Å²) in [5.41, 5.74) is 9.08. The zero-order valence-corrected chi connectivity index (χ0v) is 10.2.